The summed E-state index contributed by atoms with van der Waals surface area (Å²) in [4.78, 5) is 44.1. The first kappa shape index (κ1) is 21.3. The number of thiazole rings is 1. The van der Waals surface area contributed by atoms with Gasteiger partial charge in [0.05, 0.1) is 5.69 Å². The van der Waals surface area contributed by atoms with Crippen LogP contribution in [0.2, 0.25) is 0 Å². The number of hydrogen-bond acceptors (Lipinski definition) is 5. The first-order valence-electron chi connectivity index (χ1n) is 11.1. The van der Waals surface area contributed by atoms with Crippen LogP contribution in [0.25, 0.3) is 11.3 Å². The second kappa shape index (κ2) is 9.15. The van der Waals surface area contributed by atoms with Crippen molar-refractivity contribution in [3.05, 3.63) is 71.1 Å². The molecule has 1 saturated heterocycles. The maximum atomic E-state index is 12.9. The number of anilines is 1. The van der Waals surface area contributed by atoms with Crippen LogP contribution in [0.3, 0.4) is 0 Å². The van der Waals surface area contributed by atoms with Gasteiger partial charge in [-0.2, -0.15) is 0 Å². The number of nitrogens with one attached hydrogen (secondary N) is 2. The summed E-state index contributed by atoms with van der Waals surface area (Å²) >= 11 is 1.34. The van der Waals surface area contributed by atoms with Gasteiger partial charge >= 0.3 is 0 Å². The van der Waals surface area contributed by atoms with E-state index in [1.54, 1.807) is 29.2 Å². The van der Waals surface area contributed by atoms with Crippen LogP contribution < -0.4 is 10.6 Å². The number of hydrogen-bond donors (Lipinski definition) is 2. The Balaban J connectivity index is 1.23. The Labute approximate surface area is 195 Å². The summed E-state index contributed by atoms with van der Waals surface area (Å²) in [5, 5.41) is 8.22. The summed E-state index contributed by atoms with van der Waals surface area (Å²) in [6.45, 7) is 0.565. The zero-order valence-electron chi connectivity index (χ0n) is 18.0. The Kier molecular flexibility index (Phi) is 5.92. The zero-order valence-corrected chi connectivity index (χ0v) is 18.8. The second-order valence-electron chi connectivity index (χ2n) is 8.37. The van der Waals surface area contributed by atoms with Crippen molar-refractivity contribution in [3.8, 4) is 11.3 Å². The molecule has 0 spiro atoms. The Hall–Kier alpha value is -3.52. The SMILES string of the molecule is O=C(NC1CC1)c1ccc(-c2csc(NC(=O)[C@H]3CCCN3C(=O)c3ccccc3)n2)cc1. The third kappa shape index (κ3) is 4.80. The van der Waals surface area contributed by atoms with Crippen LogP contribution in [-0.4, -0.2) is 46.2 Å². The van der Waals surface area contributed by atoms with Crippen molar-refractivity contribution in [2.45, 2.75) is 37.8 Å². The highest BCUT2D eigenvalue weighted by Gasteiger charge is 2.34. The van der Waals surface area contributed by atoms with E-state index in [2.05, 4.69) is 15.6 Å². The number of aromatic nitrogens is 1. The quantitative estimate of drug-likeness (QED) is 0.583. The second-order valence-corrected chi connectivity index (χ2v) is 9.23. The molecular weight excluding hydrogens is 436 g/mol. The molecule has 1 aliphatic heterocycles. The van der Waals surface area contributed by atoms with Crippen LogP contribution >= 0.6 is 11.3 Å². The fraction of sp³-hybridized carbons (Fsp3) is 0.280. The van der Waals surface area contributed by atoms with E-state index < -0.39 is 6.04 Å². The third-order valence-electron chi connectivity index (χ3n) is 5.93. The molecule has 8 heteroatoms. The summed E-state index contributed by atoms with van der Waals surface area (Å²) in [7, 11) is 0. The van der Waals surface area contributed by atoms with Crippen molar-refractivity contribution in [3.63, 3.8) is 0 Å². The van der Waals surface area contributed by atoms with E-state index in [0.717, 1.165) is 30.5 Å². The standard InChI is InChI=1S/C25H24N4O3S/c30-22(26-19-12-13-19)17-10-8-16(9-11-17)20-15-33-25(27-20)28-23(31)21-7-4-14-29(21)24(32)18-5-2-1-3-6-18/h1-3,5-6,8-11,15,19,21H,4,7,12-14H2,(H,26,30)(H,27,28,31)/t21-/m1/s1. The molecule has 0 unspecified atom stereocenters. The molecule has 168 valence electrons. The number of rotatable bonds is 6. The van der Waals surface area contributed by atoms with E-state index in [0.29, 0.717) is 35.3 Å². The summed E-state index contributed by atoms with van der Waals surface area (Å²) in [5.41, 5.74) is 2.81. The molecule has 2 heterocycles. The van der Waals surface area contributed by atoms with Crippen LogP contribution in [-0.2, 0) is 4.79 Å². The Bertz CT molecular complexity index is 1170. The fourth-order valence-corrected chi connectivity index (χ4v) is 4.69. The van der Waals surface area contributed by atoms with E-state index in [1.165, 1.54) is 11.3 Å². The first-order chi connectivity index (χ1) is 16.1. The van der Waals surface area contributed by atoms with E-state index >= 15 is 0 Å². The topological polar surface area (TPSA) is 91.4 Å². The molecule has 3 amide bonds. The lowest BCUT2D eigenvalue weighted by molar-refractivity contribution is -0.119. The molecule has 1 aromatic heterocycles. The van der Waals surface area contributed by atoms with Crippen LogP contribution in [0.15, 0.2) is 60.0 Å². The van der Waals surface area contributed by atoms with Gasteiger partial charge in [0, 0.05) is 34.7 Å². The van der Waals surface area contributed by atoms with Gasteiger partial charge in [-0.05, 0) is 49.9 Å². The van der Waals surface area contributed by atoms with Gasteiger partial charge in [0.15, 0.2) is 5.13 Å². The molecule has 7 nitrogen and oxygen atoms in total. The van der Waals surface area contributed by atoms with Crippen molar-refractivity contribution >= 4 is 34.2 Å². The number of likely N-dealkylation sites (tertiary alicyclic amines) is 1. The van der Waals surface area contributed by atoms with Crippen molar-refractivity contribution in [2.75, 3.05) is 11.9 Å². The van der Waals surface area contributed by atoms with Gasteiger partial charge in [0.1, 0.15) is 6.04 Å². The highest BCUT2D eigenvalue weighted by Crippen LogP contribution is 2.27. The van der Waals surface area contributed by atoms with Crippen molar-refractivity contribution in [2.24, 2.45) is 0 Å². The van der Waals surface area contributed by atoms with E-state index in [-0.39, 0.29) is 17.7 Å². The highest BCUT2D eigenvalue weighted by molar-refractivity contribution is 7.14. The van der Waals surface area contributed by atoms with Crippen LogP contribution in [0, 0.1) is 0 Å². The number of carbonyl (C=O) groups is 3. The number of carbonyl (C=O) groups excluding carboxylic acids is 3. The van der Waals surface area contributed by atoms with Crippen LogP contribution in [0.1, 0.15) is 46.4 Å². The minimum absolute atomic E-state index is 0.0542. The lowest BCUT2D eigenvalue weighted by atomic mass is 10.1. The summed E-state index contributed by atoms with van der Waals surface area (Å²) in [6, 6.07) is 16.2. The Morgan fingerprint density at radius 1 is 0.939 bits per heavy atom. The van der Waals surface area contributed by atoms with Gasteiger partial charge < -0.3 is 15.5 Å². The predicted octanol–water partition coefficient (Wildman–Crippen LogP) is 3.95. The van der Waals surface area contributed by atoms with Gasteiger partial charge in [-0.15, -0.1) is 11.3 Å². The van der Waals surface area contributed by atoms with Gasteiger partial charge in [-0.25, -0.2) is 4.98 Å². The highest BCUT2D eigenvalue weighted by atomic mass is 32.1. The van der Waals surface area contributed by atoms with Crippen molar-refractivity contribution < 1.29 is 14.4 Å². The van der Waals surface area contributed by atoms with Gasteiger partial charge in [0.2, 0.25) is 5.91 Å². The summed E-state index contributed by atoms with van der Waals surface area (Å²) in [6.07, 6.45) is 3.53. The average Bonchev–Trinajstić information content (AvgIpc) is 3.32. The molecule has 2 N–H and O–H groups in total. The lowest BCUT2D eigenvalue weighted by Crippen LogP contribution is -2.43. The minimum atomic E-state index is -0.505. The minimum Gasteiger partial charge on any atom is -0.349 e. The Morgan fingerprint density at radius 2 is 1.70 bits per heavy atom. The molecule has 1 aliphatic carbocycles. The molecule has 0 bridgehead atoms. The zero-order chi connectivity index (χ0) is 22.8. The molecule has 5 rings (SSSR count). The predicted molar refractivity (Wildman–Crippen MR) is 127 cm³/mol. The number of nitrogens with zero attached hydrogens (tertiary/aromatic N) is 2. The molecule has 0 radical (unpaired) electrons. The summed E-state index contributed by atoms with van der Waals surface area (Å²) < 4.78 is 0. The lowest BCUT2D eigenvalue weighted by Gasteiger charge is -2.23. The van der Waals surface area contributed by atoms with Gasteiger partial charge in [-0.3, -0.25) is 14.4 Å². The van der Waals surface area contributed by atoms with E-state index in [4.69, 9.17) is 0 Å². The van der Waals surface area contributed by atoms with Gasteiger partial charge in [0.25, 0.3) is 11.8 Å². The van der Waals surface area contributed by atoms with E-state index in [1.807, 2.05) is 35.7 Å². The maximum absolute atomic E-state index is 12.9. The van der Waals surface area contributed by atoms with E-state index in [9.17, 15) is 14.4 Å². The largest absolute Gasteiger partial charge is 0.349 e. The third-order valence-corrected chi connectivity index (χ3v) is 6.68. The molecule has 2 fully saturated rings. The van der Waals surface area contributed by atoms with Crippen molar-refractivity contribution in [1.29, 1.82) is 0 Å². The summed E-state index contributed by atoms with van der Waals surface area (Å²) in [5.74, 6) is -0.398. The van der Waals surface area contributed by atoms with Crippen LogP contribution in [0.5, 0.6) is 0 Å². The van der Waals surface area contributed by atoms with Crippen molar-refractivity contribution in [1.82, 2.24) is 15.2 Å². The monoisotopic (exact) mass is 460 g/mol. The number of benzene rings is 2. The molecule has 2 aromatic carbocycles. The molecule has 3 aromatic rings. The Morgan fingerprint density at radius 3 is 2.42 bits per heavy atom. The number of amides is 3. The molecular formula is C25H24N4O3S. The normalized spacial score (nSPS) is 17.6. The van der Waals surface area contributed by atoms with Gasteiger partial charge in [-0.1, -0.05) is 30.3 Å². The maximum Gasteiger partial charge on any atom is 0.254 e. The molecule has 2 aliphatic rings. The average molecular weight is 461 g/mol. The molecule has 1 saturated carbocycles. The molecule has 33 heavy (non-hydrogen) atoms. The van der Waals surface area contributed by atoms with Crippen LogP contribution in [0.4, 0.5) is 5.13 Å². The fourth-order valence-electron chi connectivity index (χ4n) is 3.97. The molecule has 1 atom stereocenters. The first-order valence-corrected chi connectivity index (χ1v) is 12.0. The smallest absolute Gasteiger partial charge is 0.254 e.